The van der Waals surface area contributed by atoms with Gasteiger partial charge in [0, 0.05) is 10.9 Å². The number of rotatable bonds is 5. The van der Waals surface area contributed by atoms with Gasteiger partial charge in [0.25, 0.3) is 10.0 Å². The molecule has 0 amide bonds. The molecule has 0 radical (unpaired) electrons. The molecule has 0 unspecified atom stereocenters. The van der Waals surface area contributed by atoms with Crippen molar-refractivity contribution < 1.29 is 21.6 Å². The van der Waals surface area contributed by atoms with Crippen molar-refractivity contribution in [3.8, 4) is 28.5 Å². The van der Waals surface area contributed by atoms with Crippen molar-refractivity contribution in [1.82, 2.24) is 4.98 Å². The highest BCUT2D eigenvalue weighted by atomic mass is 32.2. The minimum atomic E-state index is -4.19. The third kappa shape index (κ3) is 4.68. The second-order valence-electron chi connectivity index (χ2n) is 7.95. The molecule has 182 valence electrons. The summed E-state index contributed by atoms with van der Waals surface area (Å²) in [6, 6.07) is 21.0. The molecule has 2 aromatic heterocycles. The van der Waals surface area contributed by atoms with Crippen LogP contribution in [0.2, 0.25) is 0 Å². The molecule has 2 heterocycles. The Morgan fingerprint density at radius 2 is 1.62 bits per heavy atom. The largest absolute Gasteiger partial charge is 0.422 e. The molecule has 0 aliphatic heterocycles. The first-order valence-electron chi connectivity index (χ1n) is 10.8. The van der Waals surface area contributed by atoms with Gasteiger partial charge in [-0.15, -0.1) is 0 Å². The highest BCUT2D eigenvalue weighted by Gasteiger charge is 2.22. The SMILES string of the molecule is N#Cc1c(-c2cccc(F)c2)cc(-c2cc3cc(F)ccc3oc2=O)nc1NS(=O)(=O)c1ccccc1. The smallest absolute Gasteiger partial charge is 0.345 e. The van der Waals surface area contributed by atoms with E-state index in [0.29, 0.717) is 0 Å². The highest BCUT2D eigenvalue weighted by molar-refractivity contribution is 7.92. The molecular formula is C27H15F2N3O4S. The highest BCUT2D eigenvalue weighted by Crippen LogP contribution is 2.33. The number of nitriles is 1. The van der Waals surface area contributed by atoms with Crippen molar-refractivity contribution in [3.05, 3.63) is 113 Å². The van der Waals surface area contributed by atoms with Crippen molar-refractivity contribution >= 4 is 26.8 Å². The summed E-state index contributed by atoms with van der Waals surface area (Å²) in [4.78, 5) is 17.0. The first-order chi connectivity index (χ1) is 17.7. The molecule has 5 rings (SSSR count). The van der Waals surface area contributed by atoms with Gasteiger partial charge in [0.1, 0.15) is 28.9 Å². The maximum absolute atomic E-state index is 14.1. The van der Waals surface area contributed by atoms with Gasteiger partial charge in [0.05, 0.1) is 16.2 Å². The number of nitrogens with zero attached hydrogens (tertiary/aromatic N) is 2. The molecule has 0 saturated carbocycles. The molecule has 0 fully saturated rings. The zero-order valence-corrected chi connectivity index (χ0v) is 19.6. The number of hydrogen-bond donors (Lipinski definition) is 1. The second-order valence-corrected chi connectivity index (χ2v) is 9.63. The van der Waals surface area contributed by atoms with E-state index in [1.165, 1.54) is 60.7 Å². The van der Waals surface area contributed by atoms with E-state index in [-0.39, 0.29) is 49.6 Å². The zero-order chi connectivity index (χ0) is 26.2. The molecule has 7 nitrogen and oxygen atoms in total. The number of pyridine rings is 1. The fourth-order valence-electron chi connectivity index (χ4n) is 3.81. The lowest BCUT2D eigenvalue weighted by molar-refractivity contribution is 0.560. The Balaban J connectivity index is 1.78. The Kier molecular flexibility index (Phi) is 5.99. The van der Waals surface area contributed by atoms with Gasteiger partial charge in [-0.2, -0.15) is 5.26 Å². The van der Waals surface area contributed by atoms with Crippen LogP contribution in [0.3, 0.4) is 0 Å². The number of sulfonamides is 1. The van der Waals surface area contributed by atoms with Crippen LogP contribution in [-0.2, 0) is 10.0 Å². The Morgan fingerprint density at radius 3 is 2.35 bits per heavy atom. The van der Waals surface area contributed by atoms with Crippen molar-refractivity contribution in [1.29, 1.82) is 5.26 Å². The van der Waals surface area contributed by atoms with Gasteiger partial charge in [-0.25, -0.2) is 27.0 Å². The topological polar surface area (TPSA) is 113 Å². The van der Waals surface area contributed by atoms with Gasteiger partial charge >= 0.3 is 5.63 Å². The van der Waals surface area contributed by atoms with E-state index in [1.807, 2.05) is 6.07 Å². The van der Waals surface area contributed by atoms with Crippen LogP contribution in [0.15, 0.2) is 99.0 Å². The van der Waals surface area contributed by atoms with Crippen LogP contribution in [0.5, 0.6) is 0 Å². The maximum Gasteiger partial charge on any atom is 0.345 e. The first kappa shape index (κ1) is 23.8. The lowest BCUT2D eigenvalue weighted by Crippen LogP contribution is -2.16. The predicted octanol–water partition coefficient (Wildman–Crippen LogP) is 5.47. The number of aromatic nitrogens is 1. The maximum atomic E-state index is 14.1. The number of anilines is 1. The van der Waals surface area contributed by atoms with E-state index in [4.69, 9.17) is 4.42 Å². The standard InChI is InChI=1S/C27H15F2N3O4S/c28-18-6-4-5-16(11-18)21-14-24(22-13-17-12-19(29)9-10-25(17)36-27(22)33)31-26(23(21)15-30)32-37(34,35)20-7-2-1-3-8-20/h1-14H,(H,31,32). The summed E-state index contributed by atoms with van der Waals surface area (Å²) >= 11 is 0. The summed E-state index contributed by atoms with van der Waals surface area (Å²) in [6.07, 6.45) is 0. The van der Waals surface area contributed by atoms with Crippen LogP contribution in [0.4, 0.5) is 14.6 Å². The summed E-state index contributed by atoms with van der Waals surface area (Å²) in [5, 5.41) is 10.2. The molecule has 0 bridgehead atoms. The van der Waals surface area contributed by atoms with Crippen molar-refractivity contribution in [2.75, 3.05) is 4.72 Å². The fourth-order valence-corrected chi connectivity index (χ4v) is 4.85. The number of hydrogen-bond acceptors (Lipinski definition) is 6. The van der Waals surface area contributed by atoms with Crippen LogP contribution in [0.1, 0.15) is 5.56 Å². The van der Waals surface area contributed by atoms with Gasteiger partial charge in [0.2, 0.25) is 0 Å². The summed E-state index contributed by atoms with van der Waals surface area (Å²) in [7, 11) is -4.19. The number of benzene rings is 3. The third-order valence-corrected chi connectivity index (χ3v) is 6.88. The van der Waals surface area contributed by atoms with Gasteiger partial charge < -0.3 is 4.42 Å². The van der Waals surface area contributed by atoms with E-state index in [1.54, 1.807) is 6.07 Å². The van der Waals surface area contributed by atoms with Gasteiger partial charge in [0.15, 0.2) is 5.82 Å². The Labute approximate surface area is 209 Å². The molecule has 0 spiro atoms. The molecule has 0 aliphatic carbocycles. The number of fused-ring (bicyclic) bond motifs is 1. The summed E-state index contributed by atoms with van der Waals surface area (Å²) < 4.78 is 61.6. The molecule has 0 saturated heterocycles. The van der Waals surface area contributed by atoms with Crippen LogP contribution < -0.4 is 10.3 Å². The summed E-state index contributed by atoms with van der Waals surface area (Å²) in [5.41, 5.74) is -0.681. The average molecular weight is 515 g/mol. The van der Waals surface area contributed by atoms with Gasteiger partial charge in [-0.3, -0.25) is 4.72 Å². The van der Waals surface area contributed by atoms with Crippen molar-refractivity contribution in [2.24, 2.45) is 0 Å². The minimum Gasteiger partial charge on any atom is -0.422 e. The van der Waals surface area contributed by atoms with E-state index >= 15 is 0 Å². The summed E-state index contributed by atoms with van der Waals surface area (Å²) in [6.45, 7) is 0. The Bertz CT molecular complexity index is 1880. The first-order valence-corrected chi connectivity index (χ1v) is 12.3. The lowest BCUT2D eigenvalue weighted by atomic mass is 9.98. The molecule has 0 aliphatic rings. The fraction of sp³-hybridized carbons (Fsp3) is 0. The molecule has 1 N–H and O–H groups in total. The molecular weight excluding hydrogens is 500 g/mol. The van der Waals surface area contributed by atoms with Crippen LogP contribution >= 0.6 is 0 Å². The number of nitrogens with one attached hydrogen (secondary N) is 1. The summed E-state index contributed by atoms with van der Waals surface area (Å²) in [5.74, 6) is -1.52. The number of halogens is 2. The van der Waals surface area contributed by atoms with Crippen LogP contribution in [0.25, 0.3) is 33.4 Å². The molecule has 37 heavy (non-hydrogen) atoms. The van der Waals surface area contributed by atoms with Gasteiger partial charge in [-0.05, 0) is 60.2 Å². The van der Waals surface area contributed by atoms with Crippen LogP contribution in [0, 0.1) is 23.0 Å². The molecule has 5 aromatic rings. The minimum absolute atomic E-state index is 0.0658. The van der Waals surface area contributed by atoms with Crippen molar-refractivity contribution in [2.45, 2.75) is 4.90 Å². The molecule has 10 heteroatoms. The van der Waals surface area contributed by atoms with E-state index in [2.05, 4.69) is 9.71 Å². The second kappa shape index (κ2) is 9.29. The normalized spacial score (nSPS) is 11.3. The third-order valence-electron chi connectivity index (χ3n) is 5.52. The van der Waals surface area contributed by atoms with E-state index in [0.717, 1.165) is 18.2 Å². The van der Waals surface area contributed by atoms with E-state index in [9.17, 15) is 27.3 Å². The Hall–Kier alpha value is -4.88. The monoisotopic (exact) mass is 515 g/mol. The van der Waals surface area contributed by atoms with Gasteiger partial charge in [-0.1, -0.05) is 30.3 Å². The predicted molar refractivity (Wildman–Crippen MR) is 133 cm³/mol. The van der Waals surface area contributed by atoms with E-state index < -0.39 is 27.3 Å². The molecule has 3 aromatic carbocycles. The zero-order valence-electron chi connectivity index (χ0n) is 18.8. The quantitative estimate of drug-likeness (QED) is 0.311. The lowest BCUT2D eigenvalue weighted by Gasteiger charge is -2.14. The van der Waals surface area contributed by atoms with Crippen LogP contribution in [-0.4, -0.2) is 13.4 Å². The Morgan fingerprint density at radius 1 is 0.865 bits per heavy atom. The molecule has 0 atom stereocenters. The average Bonchev–Trinajstić information content (AvgIpc) is 2.88. The van der Waals surface area contributed by atoms with Crippen molar-refractivity contribution in [3.63, 3.8) is 0 Å².